The molecule has 0 radical (unpaired) electrons. The zero-order chi connectivity index (χ0) is 24.6. The first-order valence-electron chi connectivity index (χ1n) is 10.1. The summed E-state index contributed by atoms with van der Waals surface area (Å²) in [7, 11) is 0. The quantitative estimate of drug-likeness (QED) is 0.336. The Bertz CT molecular complexity index is 1370. The van der Waals surface area contributed by atoms with Crippen molar-refractivity contribution in [3.8, 4) is 5.69 Å². The highest BCUT2D eigenvalue weighted by Gasteiger charge is 2.36. The van der Waals surface area contributed by atoms with Gasteiger partial charge in [-0.05, 0) is 89.6 Å². The van der Waals surface area contributed by atoms with Crippen LogP contribution in [0.2, 0.25) is 10.0 Å². The summed E-state index contributed by atoms with van der Waals surface area (Å²) in [4.78, 5) is 39.1. The lowest BCUT2D eigenvalue weighted by atomic mass is 10.2. The molecule has 0 spiro atoms. The maximum Gasteiger partial charge on any atom is 0.294 e. The number of thioether (sulfide) groups is 1. The van der Waals surface area contributed by atoms with Gasteiger partial charge >= 0.3 is 0 Å². The van der Waals surface area contributed by atoms with Crippen molar-refractivity contribution in [3.63, 3.8) is 0 Å². The van der Waals surface area contributed by atoms with Crippen molar-refractivity contribution >= 4 is 79.7 Å². The zero-order valence-electron chi connectivity index (χ0n) is 18.1. The fourth-order valence-corrected chi connectivity index (χ4v) is 5.13. The third kappa shape index (κ3) is 4.95. The molecule has 2 aromatic carbocycles. The van der Waals surface area contributed by atoms with Crippen LogP contribution in [0.5, 0.6) is 0 Å². The van der Waals surface area contributed by atoms with Gasteiger partial charge in [-0.15, -0.1) is 0 Å². The number of imide groups is 1. The zero-order valence-corrected chi connectivity index (χ0v) is 22.0. The maximum atomic E-state index is 12.9. The molecule has 0 bridgehead atoms. The molecule has 0 saturated carbocycles. The van der Waals surface area contributed by atoms with Gasteiger partial charge in [0.1, 0.15) is 6.54 Å². The normalized spacial score (nSPS) is 14.9. The second-order valence-electron chi connectivity index (χ2n) is 7.56. The fourth-order valence-electron chi connectivity index (χ4n) is 3.63. The van der Waals surface area contributed by atoms with Gasteiger partial charge in [-0.3, -0.25) is 19.3 Å². The lowest BCUT2D eigenvalue weighted by Gasteiger charge is -2.13. The molecule has 1 aromatic heterocycles. The highest BCUT2D eigenvalue weighted by Crippen LogP contribution is 2.34. The van der Waals surface area contributed by atoms with Crippen LogP contribution in [0.4, 0.5) is 10.5 Å². The van der Waals surface area contributed by atoms with E-state index in [9.17, 15) is 14.4 Å². The maximum absolute atomic E-state index is 12.9. The number of rotatable bonds is 5. The van der Waals surface area contributed by atoms with Crippen molar-refractivity contribution in [1.82, 2.24) is 9.47 Å². The molecule has 174 valence electrons. The molecule has 2 heterocycles. The summed E-state index contributed by atoms with van der Waals surface area (Å²) >= 11 is 16.4. The van der Waals surface area contributed by atoms with E-state index in [0.29, 0.717) is 20.2 Å². The number of hydrogen-bond acceptors (Lipinski definition) is 4. The van der Waals surface area contributed by atoms with Crippen LogP contribution >= 0.6 is 50.9 Å². The van der Waals surface area contributed by atoms with Crippen molar-refractivity contribution in [2.24, 2.45) is 0 Å². The van der Waals surface area contributed by atoms with Crippen molar-refractivity contribution in [2.45, 2.75) is 13.8 Å². The summed E-state index contributed by atoms with van der Waals surface area (Å²) in [5.41, 5.74) is 3.97. The number of aromatic nitrogens is 1. The topological polar surface area (TPSA) is 71.4 Å². The molecule has 0 unspecified atom stereocenters. The summed E-state index contributed by atoms with van der Waals surface area (Å²) in [5.74, 6) is -0.968. The van der Waals surface area contributed by atoms with Crippen molar-refractivity contribution in [3.05, 3.63) is 84.9 Å². The van der Waals surface area contributed by atoms with Crippen LogP contribution in [-0.4, -0.2) is 33.1 Å². The van der Waals surface area contributed by atoms with E-state index in [-0.39, 0.29) is 11.4 Å². The first-order chi connectivity index (χ1) is 16.2. The Labute approximate surface area is 219 Å². The van der Waals surface area contributed by atoms with Crippen LogP contribution < -0.4 is 5.32 Å². The van der Waals surface area contributed by atoms with E-state index in [4.69, 9.17) is 23.2 Å². The number of nitrogens with zero attached hydrogens (tertiary/aromatic N) is 2. The lowest BCUT2D eigenvalue weighted by Crippen LogP contribution is -2.36. The molecular formula is C24H18BrCl2N3O3S. The number of nitrogens with one attached hydrogen (secondary N) is 1. The Morgan fingerprint density at radius 3 is 2.53 bits per heavy atom. The fraction of sp³-hybridized carbons (Fsp3) is 0.125. The molecule has 0 atom stereocenters. The molecule has 1 saturated heterocycles. The van der Waals surface area contributed by atoms with Crippen molar-refractivity contribution in [1.29, 1.82) is 0 Å². The van der Waals surface area contributed by atoms with Gasteiger partial charge in [-0.25, -0.2) is 0 Å². The number of halogens is 3. The number of para-hydroxylation sites is 1. The molecule has 1 fully saturated rings. The second kappa shape index (κ2) is 10.00. The van der Waals surface area contributed by atoms with E-state index in [2.05, 4.69) is 21.2 Å². The molecule has 1 N–H and O–H groups in total. The molecule has 4 rings (SSSR count). The Morgan fingerprint density at radius 2 is 1.82 bits per heavy atom. The number of benzene rings is 2. The van der Waals surface area contributed by atoms with Gasteiger partial charge in [0.2, 0.25) is 5.91 Å². The number of anilines is 1. The number of aryl methyl sites for hydroxylation is 1. The van der Waals surface area contributed by atoms with Crippen LogP contribution in [0.3, 0.4) is 0 Å². The smallest absolute Gasteiger partial charge is 0.294 e. The minimum absolute atomic E-state index is 0.257. The molecule has 1 aliphatic rings. The number of carbonyl (C=O) groups is 3. The lowest BCUT2D eigenvalue weighted by molar-refractivity contribution is -0.127. The third-order valence-electron chi connectivity index (χ3n) is 5.24. The van der Waals surface area contributed by atoms with Gasteiger partial charge in [0.25, 0.3) is 11.1 Å². The van der Waals surface area contributed by atoms with Gasteiger partial charge in [0.15, 0.2) is 0 Å². The molecule has 0 aliphatic carbocycles. The molecular weight excluding hydrogens is 561 g/mol. The average Bonchev–Trinajstić information content (AvgIpc) is 3.21. The highest BCUT2D eigenvalue weighted by molar-refractivity contribution is 9.10. The van der Waals surface area contributed by atoms with E-state index in [1.807, 2.05) is 36.6 Å². The molecule has 10 heteroatoms. The number of carbonyl (C=O) groups excluding carboxylic acids is 3. The molecule has 34 heavy (non-hydrogen) atoms. The van der Waals surface area contributed by atoms with Gasteiger partial charge in [0, 0.05) is 21.5 Å². The minimum atomic E-state index is -0.503. The molecule has 3 amide bonds. The van der Waals surface area contributed by atoms with Crippen LogP contribution in [0.15, 0.2) is 57.9 Å². The summed E-state index contributed by atoms with van der Waals surface area (Å²) < 4.78 is 2.69. The van der Waals surface area contributed by atoms with Crippen LogP contribution in [-0.2, 0) is 9.59 Å². The summed E-state index contributed by atoms with van der Waals surface area (Å²) in [6, 6.07) is 14.4. The highest BCUT2D eigenvalue weighted by atomic mass is 79.9. The molecule has 6 nitrogen and oxygen atoms in total. The van der Waals surface area contributed by atoms with Gasteiger partial charge < -0.3 is 9.88 Å². The summed E-state index contributed by atoms with van der Waals surface area (Å²) in [6.45, 7) is 3.48. The average molecular weight is 579 g/mol. The van der Waals surface area contributed by atoms with Crippen LogP contribution in [0.1, 0.15) is 17.0 Å². The van der Waals surface area contributed by atoms with E-state index in [0.717, 1.165) is 39.3 Å². The number of amides is 3. The summed E-state index contributed by atoms with van der Waals surface area (Å²) in [6.07, 6.45) is 1.67. The van der Waals surface area contributed by atoms with Gasteiger partial charge in [-0.1, -0.05) is 35.3 Å². The van der Waals surface area contributed by atoms with E-state index in [1.54, 1.807) is 36.4 Å². The monoisotopic (exact) mass is 577 g/mol. The Hall–Kier alpha value is -2.52. The minimum Gasteiger partial charge on any atom is -0.324 e. The third-order valence-corrected chi connectivity index (χ3v) is 7.58. The van der Waals surface area contributed by atoms with Gasteiger partial charge in [0.05, 0.1) is 20.6 Å². The Morgan fingerprint density at radius 1 is 1.09 bits per heavy atom. The standard InChI is InChI=1S/C24H18BrCl2N3O3S/c1-13-9-15(14(2)30(13)16-7-8-18(26)19(27)11-16)10-21-23(32)29(24(33)34-21)12-22(31)28-20-6-4-3-5-17(20)25/h3-11H,12H2,1-2H3,(H,28,31)/b21-10-. The van der Waals surface area contributed by atoms with E-state index in [1.165, 1.54) is 0 Å². The van der Waals surface area contributed by atoms with Crippen LogP contribution in [0.25, 0.3) is 11.8 Å². The second-order valence-corrected chi connectivity index (χ2v) is 10.2. The molecule has 3 aromatic rings. The predicted octanol–water partition coefficient (Wildman–Crippen LogP) is 6.84. The van der Waals surface area contributed by atoms with E-state index >= 15 is 0 Å². The predicted molar refractivity (Wildman–Crippen MR) is 141 cm³/mol. The van der Waals surface area contributed by atoms with Crippen molar-refractivity contribution in [2.75, 3.05) is 11.9 Å². The SMILES string of the molecule is Cc1cc(/C=C2\SC(=O)N(CC(=O)Nc3ccccc3Br)C2=O)c(C)n1-c1ccc(Cl)c(Cl)c1. The first kappa shape index (κ1) is 24.6. The first-order valence-corrected chi connectivity index (χ1v) is 12.5. The van der Waals surface area contributed by atoms with E-state index < -0.39 is 17.1 Å². The van der Waals surface area contributed by atoms with Crippen LogP contribution in [0, 0.1) is 13.8 Å². The van der Waals surface area contributed by atoms with Crippen molar-refractivity contribution < 1.29 is 14.4 Å². The molecule has 1 aliphatic heterocycles. The number of hydrogen-bond donors (Lipinski definition) is 1. The Kier molecular flexibility index (Phi) is 7.23. The van der Waals surface area contributed by atoms with Gasteiger partial charge in [-0.2, -0.15) is 0 Å². The Balaban J connectivity index is 1.55. The summed E-state index contributed by atoms with van der Waals surface area (Å²) in [5, 5.41) is 3.12. The largest absolute Gasteiger partial charge is 0.324 e.